The van der Waals surface area contributed by atoms with E-state index in [1.54, 1.807) is 0 Å². The monoisotopic (exact) mass is 305 g/mol. The minimum Gasteiger partial charge on any atom is -0.379 e. The lowest BCUT2D eigenvalue weighted by molar-refractivity contribution is 0.0725. The van der Waals surface area contributed by atoms with Crippen LogP contribution < -0.4 is 10.0 Å². The van der Waals surface area contributed by atoms with Gasteiger partial charge in [-0.2, -0.15) is 12.7 Å². The standard InChI is InChI=1S/C13H27N3O3S/c17-20(18,16-9-11-19-12-10-16)15-8-7-14-13-5-3-1-2-4-6-13/h13-15H,1-12H2. The molecular formula is C13H27N3O3S. The molecule has 2 aliphatic rings. The van der Waals surface area contributed by atoms with Crippen LogP contribution in [0.4, 0.5) is 0 Å². The van der Waals surface area contributed by atoms with Crippen molar-refractivity contribution >= 4 is 10.2 Å². The van der Waals surface area contributed by atoms with Crippen molar-refractivity contribution < 1.29 is 13.2 Å². The summed E-state index contributed by atoms with van der Waals surface area (Å²) in [6, 6.07) is 0.561. The van der Waals surface area contributed by atoms with Crippen LogP contribution in [-0.2, 0) is 14.9 Å². The summed E-state index contributed by atoms with van der Waals surface area (Å²) in [6.45, 7) is 3.03. The molecule has 1 aliphatic heterocycles. The Balaban J connectivity index is 1.64. The van der Waals surface area contributed by atoms with Crippen molar-refractivity contribution in [2.75, 3.05) is 39.4 Å². The Bertz CT molecular complexity index is 361. The first-order chi connectivity index (χ1) is 9.68. The van der Waals surface area contributed by atoms with E-state index in [1.807, 2.05) is 0 Å². The molecule has 118 valence electrons. The molecule has 0 aromatic rings. The van der Waals surface area contributed by atoms with Gasteiger partial charge in [0.05, 0.1) is 13.2 Å². The predicted molar refractivity (Wildman–Crippen MR) is 78.8 cm³/mol. The Morgan fingerprint density at radius 3 is 2.30 bits per heavy atom. The maximum absolute atomic E-state index is 12.0. The van der Waals surface area contributed by atoms with Gasteiger partial charge in [-0.1, -0.05) is 25.7 Å². The second-order valence-electron chi connectivity index (χ2n) is 5.55. The lowest BCUT2D eigenvalue weighted by atomic mass is 10.1. The van der Waals surface area contributed by atoms with Gasteiger partial charge >= 0.3 is 0 Å². The van der Waals surface area contributed by atoms with E-state index in [9.17, 15) is 8.42 Å². The Kier molecular flexibility index (Phi) is 6.70. The van der Waals surface area contributed by atoms with Gasteiger partial charge in [0.2, 0.25) is 0 Å². The van der Waals surface area contributed by atoms with Crippen LogP contribution >= 0.6 is 0 Å². The zero-order valence-corrected chi connectivity index (χ0v) is 13.0. The quantitative estimate of drug-likeness (QED) is 0.553. The average Bonchev–Trinajstić information content (AvgIpc) is 2.73. The average molecular weight is 305 g/mol. The number of morpholine rings is 1. The fourth-order valence-electron chi connectivity index (χ4n) is 2.82. The molecule has 0 amide bonds. The van der Waals surface area contributed by atoms with Crippen LogP contribution in [0.25, 0.3) is 0 Å². The highest BCUT2D eigenvalue weighted by Crippen LogP contribution is 2.16. The van der Waals surface area contributed by atoms with Crippen molar-refractivity contribution in [3.8, 4) is 0 Å². The highest BCUT2D eigenvalue weighted by molar-refractivity contribution is 7.87. The molecule has 1 heterocycles. The van der Waals surface area contributed by atoms with Crippen molar-refractivity contribution in [1.29, 1.82) is 0 Å². The van der Waals surface area contributed by atoms with Gasteiger partial charge in [-0.3, -0.25) is 0 Å². The van der Waals surface area contributed by atoms with Crippen LogP contribution in [0, 0.1) is 0 Å². The Morgan fingerprint density at radius 2 is 1.65 bits per heavy atom. The second kappa shape index (κ2) is 8.29. The molecule has 6 nitrogen and oxygen atoms in total. The molecular weight excluding hydrogens is 278 g/mol. The molecule has 1 aliphatic carbocycles. The van der Waals surface area contributed by atoms with E-state index in [4.69, 9.17) is 4.74 Å². The van der Waals surface area contributed by atoms with Crippen molar-refractivity contribution in [3.63, 3.8) is 0 Å². The molecule has 0 aromatic carbocycles. The van der Waals surface area contributed by atoms with E-state index in [-0.39, 0.29) is 0 Å². The summed E-state index contributed by atoms with van der Waals surface area (Å²) in [4.78, 5) is 0. The minimum atomic E-state index is -3.33. The lowest BCUT2D eigenvalue weighted by Gasteiger charge is -2.26. The van der Waals surface area contributed by atoms with Crippen LogP contribution in [0.1, 0.15) is 38.5 Å². The van der Waals surface area contributed by atoms with Gasteiger partial charge in [0.25, 0.3) is 10.2 Å². The first kappa shape index (κ1) is 16.2. The highest BCUT2D eigenvalue weighted by Gasteiger charge is 2.23. The Labute approximate surface area is 122 Å². The smallest absolute Gasteiger partial charge is 0.279 e. The van der Waals surface area contributed by atoms with Crippen LogP contribution in [0.15, 0.2) is 0 Å². The zero-order valence-electron chi connectivity index (χ0n) is 12.1. The summed E-state index contributed by atoms with van der Waals surface area (Å²) in [7, 11) is -3.33. The second-order valence-corrected chi connectivity index (χ2v) is 7.31. The van der Waals surface area contributed by atoms with E-state index in [0.29, 0.717) is 45.4 Å². The number of hydrogen-bond donors (Lipinski definition) is 2. The van der Waals surface area contributed by atoms with E-state index < -0.39 is 10.2 Å². The third-order valence-electron chi connectivity index (χ3n) is 4.01. The highest BCUT2D eigenvalue weighted by atomic mass is 32.2. The van der Waals surface area contributed by atoms with Gasteiger partial charge in [0, 0.05) is 32.2 Å². The topological polar surface area (TPSA) is 70.7 Å². The van der Waals surface area contributed by atoms with Gasteiger partial charge in [-0.25, -0.2) is 4.72 Å². The van der Waals surface area contributed by atoms with Crippen LogP contribution in [-0.4, -0.2) is 58.2 Å². The first-order valence-electron chi connectivity index (χ1n) is 7.74. The van der Waals surface area contributed by atoms with Gasteiger partial charge in [0.1, 0.15) is 0 Å². The fraction of sp³-hybridized carbons (Fsp3) is 1.00. The number of nitrogens with zero attached hydrogens (tertiary/aromatic N) is 1. The summed E-state index contributed by atoms with van der Waals surface area (Å²) in [5.74, 6) is 0. The summed E-state index contributed by atoms with van der Waals surface area (Å²) in [6.07, 6.45) is 7.68. The molecule has 0 bridgehead atoms. The molecule has 2 rings (SSSR count). The minimum absolute atomic E-state index is 0.450. The normalized spacial score (nSPS) is 23.6. The Morgan fingerprint density at radius 1 is 1.00 bits per heavy atom. The summed E-state index contributed by atoms with van der Waals surface area (Å²) < 4.78 is 33.3. The van der Waals surface area contributed by atoms with E-state index in [1.165, 1.54) is 42.8 Å². The van der Waals surface area contributed by atoms with Crippen LogP contribution in [0.2, 0.25) is 0 Å². The maximum Gasteiger partial charge on any atom is 0.279 e. The number of ether oxygens (including phenoxy) is 1. The third kappa shape index (κ3) is 5.29. The summed E-state index contributed by atoms with van der Waals surface area (Å²) in [5, 5.41) is 3.47. The van der Waals surface area contributed by atoms with E-state index >= 15 is 0 Å². The maximum atomic E-state index is 12.0. The van der Waals surface area contributed by atoms with Gasteiger partial charge in [-0.15, -0.1) is 0 Å². The number of rotatable bonds is 6. The summed E-state index contributed by atoms with van der Waals surface area (Å²) >= 11 is 0. The molecule has 1 saturated heterocycles. The number of nitrogens with one attached hydrogen (secondary N) is 2. The first-order valence-corrected chi connectivity index (χ1v) is 9.18. The summed E-state index contributed by atoms with van der Waals surface area (Å²) in [5.41, 5.74) is 0. The van der Waals surface area contributed by atoms with Crippen molar-refractivity contribution in [2.24, 2.45) is 0 Å². The molecule has 7 heteroatoms. The lowest BCUT2D eigenvalue weighted by Crippen LogP contribution is -2.48. The molecule has 20 heavy (non-hydrogen) atoms. The largest absolute Gasteiger partial charge is 0.379 e. The van der Waals surface area contributed by atoms with Crippen LogP contribution in [0.5, 0.6) is 0 Å². The Hall–Kier alpha value is -0.210. The van der Waals surface area contributed by atoms with Crippen molar-refractivity contribution in [2.45, 2.75) is 44.6 Å². The molecule has 0 aromatic heterocycles. The van der Waals surface area contributed by atoms with E-state index in [0.717, 1.165) is 0 Å². The van der Waals surface area contributed by atoms with Crippen LogP contribution in [0.3, 0.4) is 0 Å². The fourth-order valence-corrected chi connectivity index (χ4v) is 3.99. The molecule has 0 radical (unpaired) electrons. The van der Waals surface area contributed by atoms with Gasteiger partial charge in [-0.05, 0) is 12.8 Å². The molecule has 0 unspecified atom stereocenters. The third-order valence-corrected chi connectivity index (χ3v) is 5.62. The molecule has 0 spiro atoms. The van der Waals surface area contributed by atoms with Crippen molar-refractivity contribution in [3.05, 3.63) is 0 Å². The molecule has 1 saturated carbocycles. The van der Waals surface area contributed by atoms with Crippen molar-refractivity contribution in [1.82, 2.24) is 14.3 Å². The van der Waals surface area contributed by atoms with E-state index in [2.05, 4.69) is 10.0 Å². The molecule has 0 atom stereocenters. The number of hydrogen-bond acceptors (Lipinski definition) is 4. The molecule has 2 fully saturated rings. The SMILES string of the molecule is O=S(=O)(NCCNC1CCCCCC1)N1CCOCC1. The molecule has 2 N–H and O–H groups in total. The van der Waals surface area contributed by atoms with Gasteiger partial charge < -0.3 is 10.1 Å². The van der Waals surface area contributed by atoms with Gasteiger partial charge in [0.15, 0.2) is 0 Å². The predicted octanol–water partition coefficient (Wildman–Crippen LogP) is 0.465. The zero-order chi connectivity index (χ0) is 14.3.